The van der Waals surface area contributed by atoms with E-state index in [1.807, 2.05) is 0 Å². The van der Waals surface area contributed by atoms with Crippen LogP contribution in [0.2, 0.25) is 0 Å². The van der Waals surface area contributed by atoms with Crippen molar-refractivity contribution in [3.8, 4) is 0 Å². The molecule has 106 valence electrons. The number of alkyl halides is 1. The summed E-state index contributed by atoms with van der Waals surface area (Å²) in [6.45, 7) is 0.174. The Balaban J connectivity index is 2.35. The second kappa shape index (κ2) is 5.73. The molecule has 0 spiro atoms. The summed E-state index contributed by atoms with van der Waals surface area (Å²) in [6, 6.07) is 2.52. The van der Waals surface area contributed by atoms with Crippen molar-refractivity contribution in [2.45, 2.75) is 30.2 Å². The second-order valence-corrected chi connectivity index (χ2v) is 6.73. The summed E-state index contributed by atoms with van der Waals surface area (Å²) in [5.41, 5.74) is 0. The molecule has 1 aliphatic carbocycles. The van der Waals surface area contributed by atoms with Gasteiger partial charge in [0, 0.05) is 18.5 Å². The van der Waals surface area contributed by atoms with Crippen LogP contribution in [0.4, 0.5) is 8.78 Å². The second-order valence-electron chi connectivity index (χ2n) is 4.47. The third-order valence-corrected chi connectivity index (χ3v) is 5.40. The molecular formula is C12H14ClF2NO2S. The van der Waals surface area contributed by atoms with Crippen LogP contribution in [0.15, 0.2) is 23.1 Å². The maximum Gasteiger partial charge on any atom is 0.243 e. The van der Waals surface area contributed by atoms with Crippen molar-refractivity contribution in [2.75, 3.05) is 12.4 Å². The monoisotopic (exact) mass is 309 g/mol. The van der Waals surface area contributed by atoms with Crippen molar-refractivity contribution in [3.63, 3.8) is 0 Å². The van der Waals surface area contributed by atoms with E-state index in [4.69, 9.17) is 11.6 Å². The number of halogens is 3. The van der Waals surface area contributed by atoms with Crippen molar-refractivity contribution in [1.29, 1.82) is 0 Å². The summed E-state index contributed by atoms with van der Waals surface area (Å²) in [6.07, 6.45) is 2.52. The topological polar surface area (TPSA) is 37.4 Å². The van der Waals surface area contributed by atoms with Crippen LogP contribution < -0.4 is 0 Å². The molecule has 19 heavy (non-hydrogen) atoms. The molecule has 0 bridgehead atoms. The predicted molar refractivity (Wildman–Crippen MR) is 68.6 cm³/mol. The summed E-state index contributed by atoms with van der Waals surface area (Å²) in [5.74, 6) is -2.06. The minimum Gasteiger partial charge on any atom is -0.207 e. The first-order valence-electron chi connectivity index (χ1n) is 5.99. The van der Waals surface area contributed by atoms with Gasteiger partial charge in [0.15, 0.2) is 11.6 Å². The van der Waals surface area contributed by atoms with Gasteiger partial charge in [-0.2, -0.15) is 4.31 Å². The Morgan fingerprint density at radius 1 is 1.26 bits per heavy atom. The van der Waals surface area contributed by atoms with Crippen LogP contribution in [-0.2, 0) is 10.0 Å². The Hall–Kier alpha value is -0.720. The van der Waals surface area contributed by atoms with E-state index in [-0.39, 0.29) is 23.4 Å². The minimum atomic E-state index is -3.82. The zero-order valence-electron chi connectivity index (χ0n) is 10.2. The Bertz CT molecular complexity index is 561. The third-order valence-electron chi connectivity index (χ3n) is 3.28. The highest BCUT2D eigenvalue weighted by molar-refractivity contribution is 7.89. The number of hydrogen-bond donors (Lipinski definition) is 0. The Kier molecular flexibility index (Phi) is 4.43. The third kappa shape index (κ3) is 2.90. The standard InChI is InChI=1S/C12H14ClF2NO2S/c13-6-7-16(9-2-1-3-9)19(17,18)10-4-5-11(14)12(15)8-10/h4-5,8-9H,1-3,6-7H2. The van der Waals surface area contributed by atoms with Crippen LogP contribution in [0.3, 0.4) is 0 Å². The average Bonchev–Trinajstić information content (AvgIpc) is 2.29. The molecule has 0 radical (unpaired) electrons. The van der Waals surface area contributed by atoms with Crippen LogP contribution in [0.5, 0.6) is 0 Å². The van der Waals surface area contributed by atoms with Crippen LogP contribution in [-0.4, -0.2) is 31.2 Å². The molecule has 0 unspecified atom stereocenters. The molecule has 0 atom stereocenters. The molecule has 1 aliphatic rings. The highest BCUT2D eigenvalue weighted by Crippen LogP contribution is 2.30. The van der Waals surface area contributed by atoms with Gasteiger partial charge in [0.25, 0.3) is 0 Å². The molecule has 1 fully saturated rings. The molecule has 0 amide bonds. The van der Waals surface area contributed by atoms with Gasteiger partial charge in [-0.25, -0.2) is 17.2 Å². The van der Waals surface area contributed by atoms with Crippen LogP contribution >= 0.6 is 11.6 Å². The molecule has 1 saturated carbocycles. The molecule has 0 heterocycles. The van der Waals surface area contributed by atoms with Crippen molar-refractivity contribution in [1.82, 2.24) is 4.31 Å². The van der Waals surface area contributed by atoms with E-state index in [0.717, 1.165) is 31.4 Å². The lowest BCUT2D eigenvalue weighted by atomic mass is 9.93. The molecule has 0 saturated heterocycles. The minimum absolute atomic E-state index is 0.0862. The smallest absolute Gasteiger partial charge is 0.207 e. The quantitative estimate of drug-likeness (QED) is 0.784. The van der Waals surface area contributed by atoms with Gasteiger partial charge in [0.05, 0.1) is 4.90 Å². The molecule has 2 rings (SSSR count). The highest BCUT2D eigenvalue weighted by atomic mass is 35.5. The van der Waals surface area contributed by atoms with E-state index in [9.17, 15) is 17.2 Å². The maximum absolute atomic E-state index is 13.2. The summed E-state index contributed by atoms with van der Waals surface area (Å²) in [7, 11) is -3.82. The van der Waals surface area contributed by atoms with Crippen molar-refractivity contribution in [2.24, 2.45) is 0 Å². The fraction of sp³-hybridized carbons (Fsp3) is 0.500. The largest absolute Gasteiger partial charge is 0.243 e. The van der Waals surface area contributed by atoms with E-state index in [2.05, 4.69) is 0 Å². The Labute approximate surface area is 116 Å². The lowest BCUT2D eigenvalue weighted by molar-refractivity contribution is 0.227. The average molecular weight is 310 g/mol. The highest BCUT2D eigenvalue weighted by Gasteiger charge is 2.34. The van der Waals surface area contributed by atoms with E-state index in [1.165, 1.54) is 4.31 Å². The molecule has 0 aliphatic heterocycles. The first kappa shape index (κ1) is 14.7. The van der Waals surface area contributed by atoms with Crippen LogP contribution in [0.1, 0.15) is 19.3 Å². The molecule has 0 N–H and O–H groups in total. The lowest BCUT2D eigenvalue weighted by Gasteiger charge is -2.36. The van der Waals surface area contributed by atoms with Crippen LogP contribution in [0.25, 0.3) is 0 Å². The first-order chi connectivity index (χ1) is 8.96. The number of hydrogen-bond acceptors (Lipinski definition) is 2. The SMILES string of the molecule is O=S(=O)(c1ccc(F)c(F)c1)N(CCCl)C1CCC1. The summed E-state index contributed by atoms with van der Waals surface area (Å²) >= 11 is 5.63. The van der Waals surface area contributed by atoms with Gasteiger partial charge in [0.2, 0.25) is 10.0 Å². The van der Waals surface area contributed by atoms with Crippen molar-refractivity contribution >= 4 is 21.6 Å². The first-order valence-corrected chi connectivity index (χ1v) is 7.97. The Morgan fingerprint density at radius 3 is 2.42 bits per heavy atom. The van der Waals surface area contributed by atoms with Crippen LogP contribution in [0, 0.1) is 11.6 Å². The van der Waals surface area contributed by atoms with E-state index < -0.39 is 21.7 Å². The van der Waals surface area contributed by atoms with Gasteiger partial charge < -0.3 is 0 Å². The maximum atomic E-state index is 13.2. The zero-order valence-corrected chi connectivity index (χ0v) is 11.7. The number of sulfonamides is 1. The number of rotatable bonds is 5. The lowest BCUT2D eigenvalue weighted by Crippen LogP contribution is -2.45. The Morgan fingerprint density at radius 2 is 1.95 bits per heavy atom. The molecule has 0 aromatic heterocycles. The van der Waals surface area contributed by atoms with Crippen molar-refractivity contribution in [3.05, 3.63) is 29.8 Å². The summed E-state index contributed by atoms with van der Waals surface area (Å²) < 4.78 is 52.1. The molecule has 7 heteroatoms. The summed E-state index contributed by atoms with van der Waals surface area (Å²) in [5, 5.41) is 0. The number of benzene rings is 1. The van der Waals surface area contributed by atoms with Gasteiger partial charge in [-0.1, -0.05) is 6.42 Å². The van der Waals surface area contributed by atoms with E-state index in [0.29, 0.717) is 6.07 Å². The van der Waals surface area contributed by atoms with E-state index in [1.54, 1.807) is 0 Å². The molecule has 1 aromatic carbocycles. The van der Waals surface area contributed by atoms with E-state index >= 15 is 0 Å². The predicted octanol–water partition coefficient (Wildman–Crippen LogP) is 2.75. The fourth-order valence-electron chi connectivity index (χ4n) is 2.03. The van der Waals surface area contributed by atoms with Crippen molar-refractivity contribution < 1.29 is 17.2 Å². The van der Waals surface area contributed by atoms with Gasteiger partial charge >= 0.3 is 0 Å². The number of nitrogens with zero attached hydrogens (tertiary/aromatic N) is 1. The molecule has 3 nitrogen and oxygen atoms in total. The normalized spacial score (nSPS) is 16.6. The molecular weight excluding hydrogens is 296 g/mol. The zero-order chi connectivity index (χ0) is 14.0. The molecule has 1 aromatic rings. The van der Waals surface area contributed by atoms with Gasteiger partial charge in [-0.05, 0) is 31.0 Å². The summed E-state index contributed by atoms with van der Waals surface area (Å²) in [4.78, 5) is -0.233. The van der Waals surface area contributed by atoms with Gasteiger partial charge in [-0.15, -0.1) is 11.6 Å². The van der Waals surface area contributed by atoms with Gasteiger partial charge in [0.1, 0.15) is 0 Å². The fourth-order valence-corrected chi connectivity index (χ4v) is 4.01. The van der Waals surface area contributed by atoms with Gasteiger partial charge in [-0.3, -0.25) is 0 Å².